The average Bonchev–Trinajstić information content (AvgIpc) is 3.34. The zero-order chi connectivity index (χ0) is 24.6. The maximum absolute atomic E-state index is 12.7. The minimum atomic E-state index is -0.273. The van der Waals surface area contributed by atoms with E-state index in [0.717, 1.165) is 34.9 Å². The molecule has 0 aliphatic carbocycles. The van der Waals surface area contributed by atoms with Crippen molar-refractivity contribution in [3.05, 3.63) is 95.1 Å². The van der Waals surface area contributed by atoms with Crippen LogP contribution in [0.4, 0.5) is 5.69 Å². The zero-order valence-corrected chi connectivity index (χ0v) is 20.4. The highest BCUT2D eigenvalue weighted by Crippen LogP contribution is 2.25. The lowest BCUT2D eigenvalue weighted by atomic mass is 10.1. The Morgan fingerprint density at radius 1 is 0.914 bits per heavy atom. The van der Waals surface area contributed by atoms with Crippen LogP contribution in [0, 0.1) is 13.8 Å². The van der Waals surface area contributed by atoms with Crippen LogP contribution in [0.5, 0.6) is 0 Å². The molecule has 1 heterocycles. The van der Waals surface area contributed by atoms with Crippen molar-refractivity contribution < 1.29 is 14.0 Å². The second-order valence-electron chi connectivity index (χ2n) is 8.05. The van der Waals surface area contributed by atoms with Crippen LogP contribution in [-0.4, -0.2) is 34.3 Å². The molecule has 0 atom stereocenters. The van der Waals surface area contributed by atoms with Crippen LogP contribution < -0.4 is 10.6 Å². The summed E-state index contributed by atoms with van der Waals surface area (Å²) in [6.45, 7) is 4.57. The first-order chi connectivity index (χ1) is 17.0. The van der Waals surface area contributed by atoms with Crippen LogP contribution in [0.1, 0.15) is 27.0 Å². The van der Waals surface area contributed by atoms with Crippen molar-refractivity contribution in [1.82, 2.24) is 15.5 Å². The molecule has 7 nitrogen and oxygen atoms in total. The van der Waals surface area contributed by atoms with Crippen molar-refractivity contribution in [2.24, 2.45) is 0 Å². The number of thioether (sulfide) groups is 1. The summed E-state index contributed by atoms with van der Waals surface area (Å²) in [5.74, 6) is -0.0307. The van der Waals surface area contributed by atoms with E-state index >= 15 is 0 Å². The number of hydrogen-bond donors (Lipinski definition) is 2. The first-order valence-electron chi connectivity index (χ1n) is 11.2. The van der Waals surface area contributed by atoms with E-state index in [9.17, 15) is 9.59 Å². The lowest BCUT2D eigenvalue weighted by Gasteiger charge is -2.11. The third-order valence-corrected chi connectivity index (χ3v) is 6.29. The Bertz CT molecular complexity index is 1320. The van der Waals surface area contributed by atoms with Crippen molar-refractivity contribution >= 4 is 29.3 Å². The van der Waals surface area contributed by atoms with E-state index in [0.29, 0.717) is 28.9 Å². The molecule has 3 aromatic carbocycles. The van der Waals surface area contributed by atoms with Gasteiger partial charge in [-0.1, -0.05) is 60.3 Å². The summed E-state index contributed by atoms with van der Waals surface area (Å²) in [5.41, 5.74) is 5.17. The van der Waals surface area contributed by atoms with Gasteiger partial charge in [0.25, 0.3) is 11.1 Å². The van der Waals surface area contributed by atoms with Crippen LogP contribution in [0.2, 0.25) is 0 Å². The van der Waals surface area contributed by atoms with Gasteiger partial charge in [-0.25, -0.2) is 0 Å². The van der Waals surface area contributed by atoms with E-state index in [4.69, 9.17) is 4.42 Å². The monoisotopic (exact) mass is 486 g/mol. The topological polar surface area (TPSA) is 97.1 Å². The van der Waals surface area contributed by atoms with Crippen molar-refractivity contribution in [2.45, 2.75) is 25.5 Å². The summed E-state index contributed by atoms with van der Waals surface area (Å²) in [6.07, 6.45) is 0.728. The van der Waals surface area contributed by atoms with Crippen molar-refractivity contribution in [3.63, 3.8) is 0 Å². The molecule has 0 radical (unpaired) electrons. The largest absolute Gasteiger partial charge is 0.411 e. The number of amides is 2. The molecule has 0 bridgehead atoms. The summed E-state index contributed by atoms with van der Waals surface area (Å²) < 4.78 is 5.70. The third kappa shape index (κ3) is 6.58. The molecule has 4 aromatic rings. The Balaban J connectivity index is 1.31. The smallest absolute Gasteiger partial charge is 0.277 e. The van der Waals surface area contributed by atoms with Gasteiger partial charge in [-0.15, -0.1) is 10.2 Å². The van der Waals surface area contributed by atoms with E-state index in [1.165, 1.54) is 5.56 Å². The second kappa shape index (κ2) is 11.5. The van der Waals surface area contributed by atoms with Gasteiger partial charge in [0, 0.05) is 12.1 Å². The van der Waals surface area contributed by atoms with E-state index in [1.54, 1.807) is 24.3 Å². The van der Waals surface area contributed by atoms with Gasteiger partial charge in [-0.2, -0.15) is 0 Å². The number of benzene rings is 3. The van der Waals surface area contributed by atoms with Crippen LogP contribution in [0.15, 0.2) is 82.4 Å². The number of para-hydroxylation sites is 1. The van der Waals surface area contributed by atoms with Gasteiger partial charge in [-0.3, -0.25) is 9.59 Å². The summed E-state index contributed by atoms with van der Waals surface area (Å²) in [6, 6.07) is 22.8. The molecule has 4 rings (SSSR count). The number of nitrogens with zero attached hydrogens (tertiary/aromatic N) is 2. The summed E-state index contributed by atoms with van der Waals surface area (Å²) in [7, 11) is 0. The lowest BCUT2D eigenvalue weighted by Crippen LogP contribution is -2.27. The number of aromatic nitrogens is 2. The quantitative estimate of drug-likeness (QED) is 0.321. The molecule has 0 saturated carbocycles. The molecule has 0 aliphatic heterocycles. The molecule has 8 heteroatoms. The first kappa shape index (κ1) is 24.2. The number of hydrogen-bond acceptors (Lipinski definition) is 6. The van der Waals surface area contributed by atoms with Crippen LogP contribution in [-0.2, 0) is 11.2 Å². The fourth-order valence-corrected chi connectivity index (χ4v) is 3.99. The van der Waals surface area contributed by atoms with Gasteiger partial charge in [-0.05, 0) is 61.2 Å². The fraction of sp³-hybridized carbons (Fsp3) is 0.185. The third-order valence-electron chi connectivity index (χ3n) is 5.47. The van der Waals surface area contributed by atoms with Gasteiger partial charge in [0.15, 0.2) is 0 Å². The van der Waals surface area contributed by atoms with E-state index in [2.05, 4.69) is 20.8 Å². The number of carbonyl (C=O) groups is 2. The Morgan fingerprint density at radius 2 is 1.69 bits per heavy atom. The predicted molar refractivity (Wildman–Crippen MR) is 137 cm³/mol. The molecule has 0 aliphatic rings. The van der Waals surface area contributed by atoms with Crippen LogP contribution >= 0.6 is 11.8 Å². The highest BCUT2D eigenvalue weighted by molar-refractivity contribution is 7.99. The molecular formula is C27H26N4O3S. The van der Waals surface area contributed by atoms with E-state index in [-0.39, 0.29) is 17.6 Å². The number of aryl methyl sites for hydroxylation is 2. The average molecular weight is 487 g/mol. The SMILES string of the molecule is Cc1ccc(-c2nnc(SCC(=O)Nc3ccccc3C(=O)NCCc3ccccc3)o2)cc1C. The molecule has 2 amide bonds. The molecule has 0 unspecified atom stereocenters. The predicted octanol–water partition coefficient (Wildman–Crippen LogP) is 5.06. The number of rotatable bonds is 9. The Morgan fingerprint density at radius 3 is 2.49 bits per heavy atom. The minimum absolute atomic E-state index is 0.0680. The molecule has 35 heavy (non-hydrogen) atoms. The van der Waals surface area contributed by atoms with Crippen molar-refractivity contribution in [3.8, 4) is 11.5 Å². The van der Waals surface area contributed by atoms with Gasteiger partial charge in [0.1, 0.15) is 0 Å². The highest BCUT2D eigenvalue weighted by atomic mass is 32.2. The molecular weight excluding hydrogens is 460 g/mol. The molecule has 0 fully saturated rings. The fourth-order valence-electron chi connectivity index (χ4n) is 3.42. The van der Waals surface area contributed by atoms with Crippen molar-refractivity contribution in [1.29, 1.82) is 0 Å². The molecule has 0 spiro atoms. The summed E-state index contributed by atoms with van der Waals surface area (Å²) in [4.78, 5) is 25.3. The Kier molecular flexibility index (Phi) is 7.95. The number of carbonyl (C=O) groups excluding carboxylic acids is 2. The standard InChI is InChI=1S/C27H26N4O3S/c1-18-12-13-21(16-19(18)2)26-30-31-27(34-26)35-17-24(32)29-23-11-7-6-10-22(23)25(33)28-15-14-20-8-4-3-5-9-20/h3-13,16H,14-15,17H2,1-2H3,(H,28,33)(H,29,32). The van der Waals surface area contributed by atoms with E-state index in [1.807, 2.05) is 62.4 Å². The molecule has 178 valence electrons. The number of anilines is 1. The highest BCUT2D eigenvalue weighted by Gasteiger charge is 2.15. The van der Waals surface area contributed by atoms with Crippen LogP contribution in [0.3, 0.4) is 0 Å². The zero-order valence-electron chi connectivity index (χ0n) is 19.6. The van der Waals surface area contributed by atoms with E-state index < -0.39 is 0 Å². The molecule has 1 aromatic heterocycles. The number of nitrogens with one attached hydrogen (secondary N) is 2. The Hall–Kier alpha value is -3.91. The van der Waals surface area contributed by atoms with Crippen LogP contribution in [0.25, 0.3) is 11.5 Å². The maximum Gasteiger partial charge on any atom is 0.277 e. The maximum atomic E-state index is 12.7. The molecule has 2 N–H and O–H groups in total. The first-order valence-corrected chi connectivity index (χ1v) is 12.2. The normalized spacial score (nSPS) is 10.7. The Labute approximate surface area is 208 Å². The van der Waals surface area contributed by atoms with Gasteiger partial charge in [0.2, 0.25) is 11.8 Å². The summed E-state index contributed by atoms with van der Waals surface area (Å²) >= 11 is 1.14. The van der Waals surface area contributed by atoms with Gasteiger partial charge >= 0.3 is 0 Å². The molecule has 0 saturated heterocycles. The van der Waals surface area contributed by atoms with Gasteiger partial charge in [0.05, 0.1) is 17.0 Å². The lowest BCUT2D eigenvalue weighted by molar-refractivity contribution is -0.113. The minimum Gasteiger partial charge on any atom is -0.411 e. The second-order valence-corrected chi connectivity index (χ2v) is 8.97. The van der Waals surface area contributed by atoms with Crippen molar-refractivity contribution in [2.75, 3.05) is 17.6 Å². The van der Waals surface area contributed by atoms with Gasteiger partial charge < -0.3 is 15.1 Å². The summed E-state index contributed by atoms with van der Waals surface area (Å²) in [5, 5.41) is 14.1.